The summed E-state index contributed by atoms with van der Waals surface area (Å²) in [5.74, 6) is 1.54. The lowest BCUT2D eigenvalue weighted by Gasteiger charge is -2.11. The van der Waals surface area contributed by atoms with Crippen LogP contribution >= 0.6 is 22.9 Å². The molecule has 0 atom stereocenters. The Hall–Kier alpha value is -1.36. The molecule has 3 nitrogen and oxygen atoms in total. The van der Waals surface area contributed by atoms with Crippen molar-refractivity contribution in [2.24, 2.45) is 11.7 Å². The number of nitrogens with zero attached hydrogens (tertiary/aromatic N) is 2. The first kappa shape index (κ1) is 14.6. The first-order valence-electron chi connectivity index (χ1n) is 7.03. The van der Waals surface area contributed by atoms with E-state index in [1.807, 2.05) is 12.1 Å². The highest BCUT2D eigenvalue weighted by molar-refractivity contribution is 7.19. The number of benzene rings is 1. The molecule has 2 heterocycles. The van der Waals surface area contributed by atoms with Gasteiger partial charge in [0.15, 0.2) is 5.82 Å². The van der Waals surface area contributed by atoms with Crippen LogP contribution in [0.2, 0.25) is 4.34 Å². The summed E-state index contributed by atoms with van der Waals surface area (Å²) in [6, 6.07) is 10.2. The minimum Gasteiger partial charge on any atom is -0.326 e. The molecule has 0 aliphatic rings. The lowest BCUT2D eigenvalue weighted by molar-refractivity contribution is 0.537. The minimum absolute atomic E-state index is 0.535. The molecule has 0 saturated heterocycles. The molecule has 2 N–H and O–H groups in total. The highest BCUT2D eigenvalue weighted by atomic mass is 35.5. The lowest BCUT2D eigenvalue weighted by atomic mass is 10.2. The third-order valence-corrected chi connectivity index (χ3v) is 4.62. The normalized spacial score (nSPS) is 11.7. The second-order valence-electron chi connectivity index (χ2n) is 5.57. The molecule has 0 aliphatic carbocycles. The predicted octanol–water partition coefficient (Wildman–Crippen LogP) is 4.53. The third kappa shape index (κ3) is 2.84. The summed E-state index contributed by atoms with van der Waals surface area (Å²) in [4.78, 5) is 5.92. The molecule has 0 spiro atoms. The van der Waals surface area contributed by atoms with Crippen molar-refractivity contribution in [3.8, 4) is 10.7 Å². The number of imidazole rings is 1. The average Bonchev–Trinajstić information content (AvgIpc) is 3.02. The van der Waals surface area contributed by atoms with Gasteiger partial charge < -0.3 is 10.3 Å². The topological polar surface area (TPSA) is 43.8 Å². The van der Waals surface area contributed by atoms with E-state index in [2.05, 4.69) is 36.6 Å². The van der Waals surface area contributed by atoms with E-state index in [-0.39, 0.29) is 0 Å². The number of hydrogen-bond donors (Lipinski definition) is 1. The molecule has 3 rings (SSSR count). The van der Waals surface area contributed by atoms with E-state index in [0.29, 0.717) is 12.5 Å². The molecule has 0 aliphatic heterocycles. The van der Waals surface area contributed by atoms with Crippen molar-refractivity contribution >= 4 is 34.0 Å². The molecule has 0 saturated carbocycles. The lowest BCUT2D eigenvalue weighted by Crippen LogP contribution is -2.05. The SMILES string of the molecule is CC(C)Cn1c(-c2ccc(Cl)s2)nc2cc(CN)ccc21. The summed E-state index contributed by atoms with van der Waals surface area (Å²) in [6.45, 7) is 5.90. The van der Waals surface area contributed by atoms with Crippen molar-refractivity contribution in [3.63, 3.8) is 0 Å². The van der Waals surface area contributed by atoms with Gasteiger partial charge in [-0.15, -0.1) is 11.3 Å². The van der Waals surface area contributed by atoms with Gasteiger partial charge in [0.2, 0.25) is 0 Å². The summed E-state index contributed by atoms with van der Waals surface area (Å²) in [7, 11) is 0. The zero-order chi connectivity index (χ0) is 15.0. The number of thiophene rings is 1. The van der Waals surface area contributed by atoms with E-state index < -0.39 is 0 Å². The second-order valence-corrected chi connectivity index (χ2v) is 7.29. The third-order valence-electron chi connectivity index (χ3n) is 3.39. The Morgan fingerprint density at radius 2 is 2.10 bits per heavy atom. The molecule has 110 valence electrons. The molecule has 3 aromatic rings. The van der Waals surface area contributed by atoms with E-state index in [1.165, 1.54) is 0 Å². The first-order valence-corrected chi connectivity index (χ1v) is 8.23. The Morgan fingerprint density at radius 1 is 1.29 bits per heavy atom. The van der Waals surface area contributed by atoms with E-state index in [1.54, 1.807) is 11.3 Å². The fourth-order valence-electron chi connectivity index (χ4n) is 2.47. The molecular weight excluding hydrogens is 302 g/mol. The smallest absolute Gasteiger partial charge is 0.151 e. The van der Waals surface area contributed by atoms with Crippen LogP contribution < -0.4 is 5.73 Å². The fourth-order valence-corrected chi connectivity index (χ4v) is 3.52. The van der Waals surface area contributed by atoms with E-state index >= 15 is 0 Å². The maximum Gasteiger partial charge on any atom is 0.151 e. The molecule has 1 aromatic carbocycles. The van der Waals surface area contributed by atoms with Crippen LogP contribution in [0.1, 0.15) is 19.4 Å². The van der Waals surface area contributed by atoms with Gasteiger partial charge >= 0.3 is 0 Å². The van der Waals surface area contributed by atoms with Crippen LogP contribution in [0.5, 0.6) is 0 Å². The van der Waals surface area contributed by atoms with Crippen molar-refractivity contribution in [1.82, 2.24) is 9.55 Å². The average molecular weight is 320 g/mol. The molecule has 0 amide bonds. The van der Waals surface area contributed by atoms with Gasteiger partial charge in [-0.05, 0) is 35.7 Å². The van der Waals surface area contributed by atoms with Crippen LogP contribution in [0.25, 0.3) is 21.7 Å². The Bertz CT molecular complexity index is 773. The quantitative estimate of drug-likeness (QED) is 0.767. The van der Waals surface area contributed by atoms with Crippen LogP contribution in [0, 0.1) is 5.92 Å². The summed E-state index contributed by atoms with van der Waals surface area (Å²) in [5.41, 5.74) is 8.99. The monoisotopic (exact) mass is 319 g/mol. The zero-order valence-electron chi connectivity index (χ0n) is 12.1. The Kier molecular flexibility index (Phi) is 4.02. The number of nitrogens with two attached hydrogens (primary N) is 1. The van der Waals surface area contributed by atoms with Gasteiger partial charge in [-0.25, -0.2) is 4.98 Å². The van der Waals surface area contributed by atoms with Gasteiger partial charge in [-0.2, -0.15) is 0 Å². The number of hydrogen-bond acceptors (Lipinski definition) is 3. The zero-order valence-corrected chi connectivity index (χ0v) is 13.7. The molecule has 0 bridgehead atoms. The highest BCUT2D eigenvalue weighted by Gasteiger charge is 2.15. The van der Waals surface area contributed by atoms with Gasteiger partial charge in [0.25, 0.3) is 0 Å². The highest BCUT2D eigenvalue weighted by Crippen LogP contribution is 2.33. The molecule has 21 heavy (non-hydrogen) atoms. The van der Waals surface area contributed by atoms with E-state index in [4.69, 9.17) is 22.3 Å². The number of fused-ring (bicyclic) bond motifs is 1. The first-order chi connectivity index (χ1) is 10.1. The molecular formula is C16H18ClN3S. The standard InChI is InChI=1S/C16H18ClN3S/c1-10(2)9-20-13-4-3-11(8-18)7-12(13)19-16(20)14-5-6-15(17)21-14/h3-7,10H,8-9,18H2,1-2H3. The van der Waals surface area contributed by atoms with Gasteiger partial charge in [0.1, 0.15) is 0 Å². The Morgan fingerprint density at radius 3 is 2.71 bits per heavy atom. The minimum atomic E-state index is 0.535. The van der Waals surface area contributed by atoms with Crippen LogP contribution in [0.15, 0.2) is 30.3 Å². The summed E-state index contributed by atoms with van der Waals surface area (Å²) < 4.78 is 3.07. The summed E-state index contributed by atoms with van der Waals surface area (Å²) >= 11 is 7.64. The fraction of sp³-hybridized carbons (Fsp3) is 0.312. The van der Waals surface area contributed by atoms with E-state index in [9.17, 15) is 0 Å². The summed E-state index contributed by atoms with van der Waals surface area (Å²) in [6.07, 6.45) is 0. The molecule has 0 unspecified atom stereocenters. The van der Waals surface area contributed by atoms with Crippen LogP contribution in [-0.4, -0.2) is 9.55 Å². The van der Waals surface area contributed by atoms with Crippen LogP contribution in [0.3, 0.4) is 0 Å². The Labute approximate surface area is 133 Å². The second kappa shape index (κ2) is 5.79. The Balaban J connectivity index is 2.21. The molecule has 0 fully saturated rings. The molecule has 2 aromatic heterocycles. The van der Waals surface area contributed by atoms with Gasteiger partial charge in [0.05, 0.1) is 20.2 Å². The van der Waals surface area contributed by atoms with Crippen molar-refractivity contribution in [1.29, 1.82) is 0 Å². The van der Waals surface area contributed by atoms with Crippen LogP contribution in [-0.2, 0) is 13.1 Å². The summed E-state index contributed by atoms with van der Waals surface area (Å²) in [5, 5.41) is 0. The van der Waals surface area contributed by atoms with Crippen molar-refractivity contribution in [3.05, 3.63) is 40.2 Å². The molecule has 5 heteroatoms. The predicted molar refractivity (Wildman–Crippen MR) is 90.8 cm³/mol. The van der Waals surface area contributed by atoms with Crippen molar-refractivity contribution < 1.29 is 0 Å². The van der Waals surface area contributed by atoms with Crippen molar-refractivity contribution in [2.75, 3.05) is 0 Å². The van der Waals surface area contributed by atoms with Gasteiger partial charge in [0, 0.05) is 13.1 Å². The number of halogens is 1. The van der Waals surface area contributed by atoms with E-state index in [0.717, 1.165) is 38.2 Å². The maximum atomic E-state index is 6.08. The van der Waals surface area contributed by atoms with Gasteiger partial charge in [-0.3, -0.25) is 0 Å². The largest absolute Gasteiger partial charge is 0.326 e. The number of aromatic nitrogens is 2. The number of rotatable bonds is 4. The van der Waals surface area contributed by atoms with Crippen LogP contribution in [0.4, 0.5) is 0 Å². The maximum absolute atomic E-state index is 6.08. The van der Waals surface area contributed by atoms with Gasteiger partial charge in [-0.1, -0.05) is 31.5 Å². The molecule has 0 radical (unpaired) electrons. The van der Waals surface area contributed by atoms with Crippen molar-refractivity contribution in [2.45, 2.75) is 26.9 Å².